The molecule has 0 aliphatic heterocycles. The Morgan fingerprint density at radius 3 is 2.67 bits per heavy atom. The minimum Gasteiger partial charge on any atom is -0.478 e. The smallest absolute Gasteiger partial charge is 0.328 e. The number of anilines is 1. The van der Waals surface area contributed by atoms with E-state index >= 15 is 0 Å². The lowest BCUT2D eigenvalue weighted by molar-refractivity contribution is -0.131. The highest BCUT2D eigenvalue weighted by Gasteiger charge is 2.09. The van der Waals surface area contributed by atoms with Gasteiger partial charge in [-0.05, 0) is 72.7 Å². The maximum atomic E-state index is 10.7. The molecule has 0 saturated heterocycles. The molecule has 0 atom stereocenters. The number of hydrogen-bond acceptors (Lipinski definition) is 4. The van der Waals surface area contributed by atoms with Crippen LogP contribution in [0.4, 0.5) is 5.82 Å². The third-order valence-corrected chi connectivity index (χ3v) is 5.34. The second-order valence-corrected chi connectivity index (χ2v) is 7.61. The molecule has 2 aromatic heterocycles. The molecule has 0 fully saturated rings. The lowest BCUT2D eigenvalue weighted by Crippen LogP contribution is -1.99. The molecule has 30 heavy (non-hydrogen) atoms. The van der Waals surface area contributed by atoms with E-state index in [1.807, 2.05) is 38.2 Å². The van der Waals surface area contributed by atoms with Crippen LogP contribution in [0, 0.1) is 13.8 Å². The standard InChI is InChI=1S/C25H23N3O2/c1-15-3-9-20-21-13-18(14-27-24(21)25(26)28-22(20)11-15)5-8-19-7-4-17(12-16(19)2)6-10-23(29)30/h3-4,6-7,9-14H,5,8H2,1-2H3,(H2,26,28)(H,29,30). The molecule has 0 bridgehead atoms. The fourth-order valence-electron chi connectivity index (χ4n) is 3.75. The number of hydrogen-bond donors (Lipinski definition) is 2. The van der Waals surface area contributed by atoms with E-state index in [4.69, 9.17) is 10.8 Å². The summed E-state index contributed by atoms with van der Waals surface area (Å²) >= 11 is 0. The van der Waals surface area contributed by atoms with E-state index in [-0.39, 0.29) is 0 Å². The van der Waals surface area contributed by atoms with Crippen molar-refractivity contribution in [3.05, 3.63) is 82.6 Å². The van der Waals surface area contributed by atoms with E-state index in [1.54, 1.807) is 6.08 Å². The van der Waals surface area contributed by atoms with Gasteiger partial charge in [0.05, 0.1) is 5.52 Å². The van der Waals surface area contributed by atoms with Crippen LogP contribution in [0.1, 0.15) is 27.8 Å². The number of aliphatic carboxylic acids is 1. The van der Waals surface area contributed by atoms with Gasteiger partial charge in [-0.3, -0.25) is 4.98 Å². The Labute approximate surface area is 174 Å². The van der Waals surface area contributed by atoms with E-state index in [9.17, 15) is 4.79 Å². The van der Waals surface area contributed by atoms with Crippen molar-refractivity contribution in [1.82, 2.24) is 9.97 Å². The predicted octanol–water partition coefficient (Wildman–Crippen LogP) is 4.87. The lowest BCUT2D eigenvalue weighted by Gasteiger charge is -2.10. The van der Waals surface area contributed by atoms with Crippen molar-refractivity contribution in [2.45, 2.75) is 26.7 Å². The number of fused-ring (bicyclic) bond motifs is 3. The number of nitrogen functional groups attached to an aromatic ring is 1. The number of aryl methyl sites for hydroxylation is 4. The molecule has 0 aliphatic carbocycles. The largest absolute Gasteiger partial charge is 0.478 e. The molecule has 2 heterocycles. The van der Waals surface area contributed by atoms with Crippen LogP contribution in [0.3, 0.4) is 0 Å². The molecule has 5 heteroatoms. The minimum atomic E-state index is -0.945. The van der Waals surface area contributed by atoms with Crippen molar-refractivity contribution in [3.63, 3.8) is 0 Å². The molecule has 0 unspecified atom stereocenters. The van der Waals surface area contributed by atoms with Gasteiger partial charge in [-0.1, -0.05) is 30.3 Å². The first-order chi connectivity index (χ1) is 14.4. The second-order valence-electron chi connectivity index (χ2n) is 7.61. The van der Waals surface area contributed by atoms with Crippen LogP contribution in [0.5, 0.6) is 0 Å². The Hall–Kier alpha value is -3.73. The molecule has 0 spiro atoms. The lowest BCUT2D eigenvalue weighted by atomic mass is 9.98. The molecular weight excluding hydrogens is 374 g/mol. The molecule has 0 saturated carbocycles. The Morgan fingerprint density at radius 1 is 1.07 bits per heavy atom. The van der Waals surface area contributed by atoms with Crippen molar-refractivity contribution < 1.29 is 9.90 Å². The fourth-order valence-corrected chi connectivity index (χ4v) is 3.75. The topological polar surface area (TPSA) is 89.1 Å². The summed E-state index contributed by atoms with van der Waals surface area (Å²) in [6, 6.07) is 14.4. The normalized spacial score (nSPS) is 11.5. The number of aromatic nitrogens is 2. The van der Waals surface area contributed by atoms with Gasteiger partial charge in [0.2, 0.25) is 0 Å². The third kappa shape index (κ3) is 4.01. The van der Waals surface area contributed by atoms with Gasteiger partial charge in [0, 0.05) is 23.0 Å². The maximum Gasteiger partial charge on any atom is 0.328 e. The summed E-state index contributed by atoms with van der Waals surface area (Å²) in [5.74, 6) is -0.491. The van der Waals surface area contributed by atoms with Gasteiger partial charge in [0.1, 0.15) is 5.52 Å². The summed E-state index contributed by atoms with van der Waals surface area (Å²) in [5, 5.41) is 10.9. The Kier molecular flexibility index (Phi) is 5.19. The van der Waals surface area contributed by atoms with Crippen molar-refractivity contribution in [2.75, 3.05) is 5.73 Å². The van der Waals surface area contributed by atoms with E-state index < -0.39 is 5.97 Å². The summed E-state index contributed by atoms with van der Waals surface area (Å²) in [4.78, 5) is 19.8. The van der Waals surface area contributed by atoms with Crippen molar-refractivity contribution in [2.24, 2.45) is 0 Å². The van der Waals surface area contributed by atoms with Crippen LogP contribution in [0.25, 0.3) is 27.9 Å². The zero-order valence-corrected chi connectivity index (χ0v) is 17.0. The van der Waals surface area contributed by atoms with Crippen molar-refractivity contribution >= 4 is 39.7 Å². The predicted molar refractivity (Wildman–Crippen MR) is 121 cm³/mol. The number of benzene rings is 2. The summed E-state index contributed by atoms with van der Waals surface area (Å²) in [6.45, 7) is 4.09. The summed E-state index contributed by atoms with van der Waals surface area (Å²) in [6.07, 6.45) is 6.36. The molecule has 2 aromatic carbocycles. The Balaban J connectivity index is 1.62. The zero-order chi connectivity index (χ0) is 21.3. The summed E-state index contributed by atoms with van der Waals surface area (Å²) < 4.78 is 0. The molecule has 4 aromatic rings. The van der Waals surface area contributed by atoms with Gasteiger partial charge >= 0.3 is 5.97 Å². The SMILES string of the molecule is Cc1ccc2c(c1)nc(N)c1ncc(CCc3ccc(C=CC(=O)O)cc3C)cc12. The van der Waals surface area contributed by atoms with Crippen LogP contribution in [0.15, 0.2) is 54.7 Å². The molecule has 150 valence electrons. The van der Waals surface area contributed by atoms with E-state index in [1.165, 1.54) is 5.56 Å². The van der Waals surface area contributed by atoms with Gasteiger partial charge in [0.15, 0.2) is 5.82 Å². The number of pyridine rings is 2. The second kappa shape index (κ2) is 7.95. The average molecular weight is 397 g/mol. The maximum absolute atomic E-state index is 10.7. The zero-order valence-electron chi connectivity index (χ0n) is 17.0. The molecule has 0 aliphatic rings. The monoisotopic (exact) mass is 397 g/mol. The molecule has 4 rings (SSSR count). The van der Waals surface area contributed by atoms with E-state index in [0.29, 0.717) is 5.82 Å². The highest BCUT2D eigenvalue weighted by molar-refractivity contribution is 6.08. The van der Waals surface area contributed by atoms with Crippen LogP contribution in [-0.4, -0.2) is 21.0 Å². The highest BCUT2D eigenvalue weighted by atomic mass is 16.4. The number of nitrogens with zero attached hydrogens (tertiary/aromatic N) is 2. The van der Waals surface area contributed by atoms with Crippen molar-refractivity contribution in [1.29, 1.82) is 0 Å². The van der Waals surface area contributed by atoms with Crippen LogP contribution in [0.2, 0.25) is 0 Å². The quantitative estimate of drug-likeness (QED) is 0.371. The molecule has 0 radical (unpaired) electrons. The van der Waals surface area contributed by atoms with Gasteiger partial charge in [-0.15, -0.1) is 0 Å². The van der Waals surface area contributed by atoms with Gasteiger partial charge < -0.3 is 10.8 Å². The Bertz CT molecular complexity index is 1310. The number of nitrogens with two attached hydrogens (primary N) is 1. The molecule has 0 amide bonds. The third-order valence-electron chi connectivity index (χ3n) is 5.34. The number of carboxylic acids is 1. The molecule has 3 N–H and O–H groups in total. The summed E-state index contributed by atoms with van der Waals surface area (Å²) in [5.41, 5.74) is 13.3. The van der Waals surface area contributed by atoms with Crippen LogP contribution < -0.4 is 5.73 Å². The first kappa shape index (κ1) is 19.6. The van der Waals surface area contributed by atoms with Crippen LogP contribution in [-0.2, 0) is 17.6 Å². The number of carbonyl (C=O) groups is 1. The number of carboxylic acid groups (broad SMARTS) is 1. The van der Waals surface area contributed by atoms with Gasteiger partial charge in [-0.2, -0.15) is 0 Å². The minimum absolute atomic E-state index is 0.454. The Morgan fingerprint density at radius 2 is 1.90 bits per heavy atom. The van der Waals surface area contributed by atoms with E-state index in [2.05, 4.69) is 34.2 Å². The van der Waals surface area contributed by atoms with Crippen molar-refractivity contribution in [3.8, 4) is 0 Å². The van der Waals surface area contributed by atoms with Gasteiger partial charge in [0.25, 0.3) is 0 Å². The first-order valence-electron chi connectivity index (χ1n) is 9.86. The summed E-state index contributed by atoms with van der Waals surface area (Å²) in [7, 11) is 0. The van der Waals surface area contributed by atoms with E-state index in [0.717, 1.165) is 63.0 Å². The molecule has 5 nitrogen and oxygen atoms in total. The van der Waals surface area contributed by atoms with Crippen LogP contribution >= 0.6 is 0 Å². The highest BCUT2D eigenvalue weighted by Crippen LogP contribution is 2.28. The fraction of sp³-hybridized carbons (Fsp3) is 0.160. The number of rotatable bonds is 5. The molecular formula is C25H23N3O2. The van der Waals surface area contributed by atoms with Gasteiger partial charge in [-0.25, -0.2) is 9.78 Å². The average Bonchev–Trinajstić information content (AvgIpc) is 2.71. The first-order valence-corrected chi connectivity index (χ1v) is 9.86.